The molecule has 2 fully saturated rings. The molecular weight excluding hydrogens is 252 g/mol. The Kier molecular flexibility index (Phi) is 3.47. The number of rotatable bonds is 1. The van der Waals surface area contributed by atoms with Gasteiger partial charge in [-0.15, -0.1) is 0 Å². The van der Waals surface area contributed by atoms with E-state index in [1.54, 1.807) is 6.92 Å². The van der Waals surface area contributed by atoms with Crippen molar-refractivity contribution in [2.45, 2.75) is 38.3 Å². The van der Waals surface area contributed by atoms with Crippen molar-refractivity contribution < 1.29 is 9.59 Å². The maximum atomic E-state index is 12.7. The van der Waals surface area contributed by atoms with Gasteiger partial charge in [0.15, 0.2) is 0 Å². The summed E-state index contributed by atoms with van der Waals surface area (Å²) in [6.45, 7) is 3.07. The van der Waals surface area contributed by atoms with E-state index in [4.69, 9.17) is 0 Å². The SMILES string of the molecule is CC(=O)N1CC[C@@H]2CC[C@H](C1)N2C(=O)c1ccccc1. The van der Waals surface area contributed by atoms with Gasteiger partial charge in [-0.3, -0.25) is 9.59 Å². The molecule has 0 radical (unpaired) electrons. The Morgan fingerprint density at radius 1 is 1.05 bits per heavy atom. The lowest BCUT2D eigenvalue weighted by Gasteiger charge is -2.28. The van der Waals surface area contributed by atoms with Crippen LogP contribution in [0.2, 0.25) is 0 Å². The first kappa shape index (κ1) is 13.2. The smallest absolute Gasteiger partial charge is 0.254 e. The summed E-state index contributed by atoms with van der Waals surface area (Å²) in [5.74, 6) is 0.230. The molecular formula is C16H20N2O2. The normalized spacial score (nSPS) is 25.4. The molecule has 3 rings (SSSR count). The molecule has 2 saturated heterocycles. The molecule has 2 heterocycles. The molecule has 1 aromatic rings. The van der Waals surface area contributed by atoms with E-state index in [1.165, 1.54) is 0 Å². The fraction of sp³-hybridized carbons (Fsp3) is 0.500. The molecule has 4 nitrogen and oxygen atoms in total. The van der Waals surface area contributed by atoms with Gasteiger partial charge in [-0.25, -0.2) is 0 Å². The van der Waals surface area contributed by atoms with Crippen LogP contribution in [-0.4, -0.2) is 46.8 Å². The summed E-state index contributed by atoms with van der Waals surface area (Å²) in [4.78, 5) is 28.2. The van der Waals surface area contributed by atoms with Crippen molar-refractivity contribution in [2.24, 2.45) is 0 Å². The van der Waals surface area contributed by atoms with Crippen molar-refractivity contribution in [1.82, 2.24) is 9.80 Å². The molecule has 2 aliphatic rings. The Morgan fingerprint density at radius 2 is 1.75 bits per heavy atom. The Balaban J connectivity index is 1.83. The van der Waals surface area contributed by atoms with Gasteiger partial charge in [-0.1, -0.05) is 18.2 Å². The summed E-state index contributed by atoms with van der Waals surface area (Å²) in [6.07, 6.45) is 2.97. The van der Waals surface area contributed by atoms with Crippen LogP contribution in [0.25, 0.3) is 0 Å². The summed E-state index contributed by atoms with van der Waals surface area (Å²) in [6, 6.07) is 9.93. The number of nitrogens with zero attached hydrogens (tertiary/aromatic N) is 2. The summed E-state index contributed by atoms with van der Waals surface area (Å²) in [7, 11) is 0. The predicted molar refractivity (Wildman–Crippen MR) is 76.3 cm³/mol. The Labute approximate surface area is 119 Å². The molecule has 106 valence electrons. The first-order chi connectivity index (χ1) is 9.66. The number of carbonyl (C=O) groups is 2. The molecule has 1 aromatic carbocycles. The van der Waals surface area contributed by atoms with E-state index in [0.29, 0.717) is 6.54 Å². The standard InChI is InChI=1S/C16H20N2O2/c1-12(19)17-10-9-14-7-8-15(11-17)18(14)16(20)13-5-3-2-4-6-13/h2-6,14-15H,7-11H2,1H3/t14-,15+/m0/s1. The molecule has 0 N–H and O–H groups in total. The van der Waals surface area contributed by atoms with Gasteiger partial charge >= 0.3 is 0 Å². The molecule has 0 aromatic heterocycles. The fourth-order valence-electron chi connectivity index (χ4n) is 3.42. The predicted octanol–water partition coefficient (Wildman–Crippen LogP) is 1.91. The van der Waals surface area contributed by atoms with Crippen LogP contribution < -0.4 is 0 Å². The number of hydrogen-bond donors (Lipinski definition) is 0. The minimum absolute atomic E-state index is 0.114. The van der Waals surface area contributed by atoms with Crippen LogP contribution in [0.1, 0.15) is 36.5 Å². The number of hydrogen-bond acceptors (Lipinski definition) is 2. The third-order valence-electron chi connectivity index (χ3n) is 4.48. The molecule has 2 atom stereocenters. The van der Waals surface area contributed by atoms with Gasteiger partial charge in [-0.2, -0.15) is 0 Å². The van der Waals surface area contributed by atoms with Crippen LogP contribution in [0.3, 0.4) is 0 Å². The van der Waals surface area contributed by atoms with E-state index in [0.717, 1.165) is 31.4 Å². The minimum atomic E-state index is 0.114. The molecule has 0 aliphatic carbocycles. The number of fused-ring (bicyclic) bond motifs is 2. The monoisotopic (exact) mass is 272 g/mol. The largest absolute Gasteiger partial charge is 0.341 e. The molecule has 0 unspecified atom stereocenters. The topological polar surface area (TPSA) is 40.6 Å². The third-order valence-corrected chi connectivity index (χ3v) is 4.48. The molecule has 0 spiro atoms. The van der Waals surface area contributed by atoms with Crippen molar-refractivity contribution in [2.75, 3.05) is 13.1 Å². The zero-order valence-electron chi connectivity index (χ0n) is 11.8. The second-order valence-corrected chi connectivity index (χ2v) is 5.72. The third kappa shape index (κ3) is 2.30. The van der Waals surface area contributed by atoms with Gasteiger partial charge in [0.05, 0.1) is 0 Å². The molecule has 2 bridgehead atoms. The molecule has 2 amide bonds. The quantitative estimate of drug-likeness (QED) is 0.783. The highest BCUT2D eigenvalue weighted by Gasteiger charge is 2.40. The molecule has 0 saturated carbocycles. The van der Waals surface area contributed by atoms with Gasteiger partial charge in [0.2, 0.25) is 5.91 Å². The summed E-state index contributed by atoms with van der Waals surface area (Å²) in [5, 5.41) is 0. The lowest BCUT2D eigenvalue weighted by atomic mass is 10.1. The van der Waals surface area contributed by atoms with Gasteiger partial charge < -0.3 is 9.80 Å². The van der Waals surface area contributed by atoms with Crippen LogP contribution in [0.4, 0.5) is 0 Å². The van der Waals surface area contributed by atoms with E-state index in [2.05, 4.69) is 0 Å². The van der Waals surface area contributed by atoms with E-state index >= 15 is 0 Å². The minimum Gasteiger partial charge on any atom is -0.341 e. The highest BCUT2D eigenvalue weighted by Crippen LogP contribution is 2.31. The molecule has 4 heteroatoms. The zero-order chi connectivity index (χ0) is 14.1. The Morgan fingerprint density at radius 3 is 2.45 bits per heavy atom. The van der Waals surface area contributed by atoms with Gasteiger partial charge in [-0.05, 0) is 31.4 Å². The van der Waals surface area contributed by atoms with Crippen molar-refractivity contribution in [3.05, 3.63) is 35.9 Å². The van der Waals surface area contributed by atoms with Crippen molar-refractivity contribution >= 4 is 11.8 Å². The highest BCUT2D eigenvalue weighted by molar-refractivity contribution is 5.95. The molecule has 2 aliphatic heterocycles. The van der Waals surface area contributed by atoms with Gasteiger partial charge in [0, 0.05) is 37.7 Å². The number of carbonyl (C=O) groups excluding carboxylic acids is 2. The van der Waals surface area contributed by atoms with E-state index in [-0.39, 0.29) is 23.9 Å². The first-order valence-electron chi connectivity index (χ1n) is 7.30. The summed E-state index contributed by atoms with van der Waals surface area (Å²) >= 11 is 0. The van der Waals surface area contributed by atoms with Crippen LogP contribution in [0.5, 0.6) is 0 Å². The van der Waals surface area contributed by atoms with Crippen LogP contribution in [-0.2, 0) is 4.79 Å². The van der Waals surface area contributed by atoms with Crippen LogP contribution >= 0.6 is 0 Å². The summed E-state index contributed by atoms with van der Waals surface area (Å²) < 4.78 is 0. The number of amides is 2. The average molecular weight is 272 g/mol. The first-order valence-corrected chi connectivity index (χ1v) is 7.30. The Hall–Kier alpha value is -1.84. The van der Waals surface area contributed by atoms with E-state index in [1.807, 2.05) is 40.1 Å². The van der Waals surface area contributed by atoms with E-state index < -0.39 is 0 Å². The lowest BCUT2D eigenvalue weighted by molar-refractivity contribution is -0.129. The fourth-order valence-corrected chi connectivity index (χ4v) is 3.42. The maximum Gasteiger partial charge on any atom is 0.254 e. The number of likely N-dealkylation sites (tertiary alicyclic amines) is 1. The van der Waals surface area contributed by atoms with Crippen molar-refractivity contribution in [1.29, 1.82) is 0 Å². The zero-order valence-corrected chi connectivity index (χ0v) is 11.8. The van der Waals surface area contributed by atoms with Gasteiger partial charge in [0.1, 0.15) is 0 Å². The maximum absolute atomic E-state index is 12.7. The second kappa shape index (κ2) is 5.27. The summed E-state index contributed by atoms with van der Waals surface area (Å²) in [5.41, 5.74) is 0.751. The Bertz CT molecular complexity index is 514. The van der Waals surface area contributed by atoms with Gasteiger partial charge in [0.25, 0.3) is 5.91 Å². The van der Waals surface area contributed by atoms with Crippen LogP contribution in [0, 0.1) is 0 Å². The lowest BCUT2D eigenvalue weighted by Crippen LogP contribution is -2.43. The van der Waals surface area contributed by atoms with Crippen molar-refractivity contribution in [3.8, 4) is 0 Å². The van der Waals surface area contributed by atoms with Crippen molar-refractivity contribution in [3.63, 3.8) is 0 Å². The molecule has 20 heavy (non-hydrogen) atoms. The average Bonchev–Trinajstić information content (AvgIpc) is 2.73. The van der Waals surface area contributed by atoms with Crippen LogP contribution in [0.15, 0.2) is 30.3 Å². The van der Waals surface area contributed by atoms with E-state index in [9.17, 15) is 9.59 Å². The second-order valence-electron chi connectivity index (χ2n) is 5.72. The number of benzene rings is 1. The highest BCUT2D eigenvalue weighted by atomic mass is 16.2.